The molecule has 2 N–H and O–H groups in total. The molecule has 1 saturated carbocycles. The SMILES string of the molecule is Cc1nn(-c2ccc(C(=O)NC3CC(C)C3)cc2)c(C)c1CCC(=O)O. The van der Waals surface area contributed by atoms with Crippen LogP contribution in [0.5, 0.6) is 0 Å². The van der Waals surface area contributed by atoms with Crippen molar-refractivity contribution in [3.05, 3.63) is 46.8 Å². The third-order valence-corrected chi connectivity index (χ3v) is 5.11. The van der Waals surface area contributed by atoms with Gasteiger partial charge in [0, 0.05) is 23.7 Å². The van der Waals surface area contributed by atoms with E-state index in [2.05, 4.69) is 17.3 Å². The summed E-state index contributed by atoms with van der Waals surface area (Å²) in [5, 5.41) is 16.5. The van der Waals surface area contributed by atoms with Gasteiger partial charge in [-0.25, -0.2) is 4.68 Å². The van der Waals surface area contributed by atoms with Crippen LogP contribution in [0, 0.1) is 19.8 Å². The number of nitrogens with one attached hydrogen (secondary N) is 1. The maximum Gasteiger partial charge on any atom is 0.303 e. The van der Waals surface area contributed by atoms with Gasteiger partial charge in [-0.15, -0.1) is 0 Å². The van der Waals surface area contributed by atoms with E-state index in [1.165, 1.54) is 0 Å². The Labute approximate surface area is 153 Å². The zero-order valence-corrected chi connectivity index (χ0v) is 15.5. The van der Waals surface area contributed by atoms with Crippen molar-refractivity contribution < 1.29 is 14.7 Å². The Morgan fingerprint density at radius 2 is 1.88 bits per heavy atom. The first kappa shape index (κ1) is 18.2. The van der Waals surface area contributed by atoms with Crippen molar-refractivity contribution in [3.63, 3.8) is 0 Å². The van der Waals surface area contributed by atoms with Crippen molar-refractivity contribution in [2.75, 3.05) is 0 Å². The Balaban J connectivity index is 1.73. The minimum atomic E-state index is -0.812. The molecule has 1 aromatic carbocycles. The van der Waals surface area contributed by atoms with E-state index < -0.39 is 5.97 Å². The van der Waals surface area contributed by atoms with Crippen molar-refractivity contribution in [3.8, 4) is 5.69 Å². The van der Waals surface area contributed by atoms with Crippen molar-refractivity contribution in [2.45, 2.75) is 52.5 Å². The topological polar surface area (TPSA) is 84.2 Å². The minimum absolute atomic E-state index is 0.0380. The van der Waals surface area contributed by atoms with Crippen LogP contribution in [0.4, 0.5) is 0 Å². The molecular weight excluding hydrogens is 330 g/mol. The van der Waals surface area contributed by atoms with Gasteiger partial charge in [-0.2, -0.15) is 5.10 Å². The molecule has 0 atom stereocenters. The molecule has 1 fully saturated rings. The van der Waals surface area contributed by atoms with Crippen molar-refractivity contribution in [1.82, 2.24) is 15.1 Å². The van der Waals surface area contributed by atoms with Crippen molar-refractivity contribution >= 4 is 11.9 Å². The molecule has 6 nitrogen and oxygen atoms in total. The van der Waals surface area contributed by atoms with Crippen LogP contribution >= 0.6 is 0 Å². The molecule has 0 bridgehead atoms. The van der Waals surface area contributed by atoms with Crippen LogP contribution in [0.1, 0.15) is 53.5 Å². The van der Waals surface area contributed by atoms with Crippen LogP contribution < -0.4 is 5.32 Å². The molecule has 0 saturated heterocycles. The van der Waals surface area contributed by atoms with Gasteiger partial charge in [0.25, 0.3) is 5.91 Å². The van der Waals surface area contributed by atoms with Crippen LogP contribution in [0.2, 0.25) is 0 Å². The smallest absolute Gasteiger partial charge is 0.303 e. The monoisotopic (exact) mass is 355 g/mol. The van der Waals surface area contributed by atoms with Crippen LogP contribution in [-0.4, -0.2) is 32.8 Å². The number of aliphatic carboxylic acids is 1. The van der Waals surface area contributed by atoms with E-state index in [1.807, 2.05) is 30.7 Å². The molecule has 0 radical (unpaired) electrons. The Kier molecular flexibility index (Phi) is 5.11. The molecule has 6 heteroatoms. The van der Waals surface area contributed by atoms with Gasteiger partial charge in [0.15, 0.2) is 0 Å². The largest absolute Gasteiger partial charge is 0.481 e. The Bertz CT molecular complexity index is 818. The average molecular weight is 355 g/mol. The third kappa shape index (κ3) is 3.79. The first-order valence-electron chi connectivity index (χ1n) is 9.03. The lowest BCUT2D eigenvalue weighted by Gasteiger charge is -2.33. The summed E-state index contributed by atoms with van der Waals surface area (Å²) in [6.07, 6.45) is 2.66. The van der Waals surface area contributed by atoms with E-state index in [0.717, 1.165) is 35.5 Å². The molecule has 0 unspecified atom stereocenters. The zero-order valence-electron chi connectivity index (χ0n) is 15.5. The highest BCUT2D eigenvalue weighted by atomic mass is 16.4. The second-order valence-corrected chi connectivity index (χ2v) is 7.25. The summed E-state index contributed by atoms with van der Waals surface area (Å²) in [6.45, 7) is 6.02. The van der Waals surface area contributed by atoms with Gasteiger partial charge in [-0.3, -0.25) is 9.59 Å². The lowest BCUT2D eigenvalue weighted by molar-refractivity contribution is -0.136. The summed E-state index contributed by atoms with van der Waals surface area (Å²) in [7, 11) is 0. The number of carboxylic acid groups (broad SMARTS) is 1. The minimum Gasteiger partial charge on any atom is -0.481 e. The number of carbonyl (C=O) groups is 2. The average Bonchev–Trinajstić information content (AvgIpc) is 2.86. The van der Waals surface area contributed by atoms with Gasteiger partial charge in [-0.05, 0) is 68.9 Å². The van der Waals surface area contributed by atoms with Crippen molar-refractivity contribution in [2.24, 2.45) is 5.92 Å². The number of aromatic nitrogens is 2. The van der Waals surface area contributed by atoms with E-state index >= 15 is 0 Å². The van der Waals surface area contributed by atoms with Gasteiger partial charge < -0.3 is 10.4 Å². The Morgan fingerprint density at radius 1 is 1.23 bits per heavy atom. The Morgan fingerprint density at radius 3 is 2.46 bits per heavy atom. The number of amides is 1. The van der Waals surface area contributed by atoms with E-state index in [9.17, 15) is 9.59 Å². The van der Waals surface area contributed by atoms with Gasteiger partial charge >= 0.3 is 5.97 Å². The van der Waals surface area contributed by atoms with E-state index in [0.29, 0.717) is 23.9 Å². The number of aryl methyl sites for hydroxylation is 1. The van der Waals surface area contributed by atoms with Crippen LogP contribution in [0.15, 0.2) is 24.3 Å². The summed E-state index contributed by atoms with van der Waals surface area (Å²) >= 11 is 0. The van der Waals surface area contributed by atoms with Crippen LogP contribution in [0.25, 0.3) is 5.69 Å². The summed E-state index contributed by atoms with van der Waals surface area (Å²) in [4.78, 5) is 23.1. The number of carbonyl (C=O) groups excluding carboxylic acids is 1. The van der Waals surface area contributed by atoms with Gasteiger partial charge in [0.05, 0.1) is 11.4 Å². The van der Waals surface area contributed by atoms with Crippen LogP contribution in [0.3, 0.4) is 0 Å². The molecule has 138 valence electrons. The summed E-state index contributed by atoms with van der Waals surface area (Å²) < 4.78 is 1.81. The van der Waals surface area contributed by atoms with E-state index in [4.69, 9.17) is 5.11 Å². The predicted octanol–water partition coefficient (Wildman–Crippen LogP) is 3.03. The molecular formula is C20H25N3O3. The molecule has 2 aromatic rings. The number of hydrogen-bond donors (Lipinski definition) is 2. The normalized spacial score (nSPS) is 19.0. The maximum atomic E-state index is 12.3. The van der Waals surface area contributed by atoms with Gasteiger partial charge in [0.2, 0.25) is 0 Å². The molecule has 1 amide bonds. The molecule has 1 aromatic heterocycles. The van der Waals surface area contributed by atoms with Crippen molar-refractivity contribution in [1.29, 1.82) is 0 Å². The van der Waals surface area contributed by atoms with Crippen LogP contribution in [-0.2, 0) is 11.2 Å². The molecule has 26 heavy (non-hydrogen) atoms. The molecule has 0 aliphatic heterocycles. The van der Waals surface area contributed by atoms with E-state index in [1.54, 1.807) is 12.1 Å². The second-order valence-electron chi connectivity index (χ2n) is 7.25. The first-order chi connectivity index (χ1) is 12.3. The quantitative estimate of drug-likeness (QED) is 0.834. The second kappa shape index (κ2) is 7.32. The van der Waals surface area contributed by atoms with E-state index in [-0.39, 0.29) is 12.3 Å². The molecule has 1 aliphatic rings. The molecule has 1 heterocycles. The lowest BCUT2D eigenvalue weighted by atomic mass is 9.82. The summed E-state index contributed by atoms with van der Waals surface area (Å²) in [5.41, 5.74) is 4.24. The number of rotatable bonds is 6. The van der Waals surface area contributed by atoms with Gasteiger partial charge in [-0.1, -0.05) is 6.92 Å². The Hall–Kier alpha value is -2.63. The summed E-state index contributed by atoms with van der Waals surface area (Å²) in [5.74, 6) is -0.152. The van der Waals surface area contributed by atoms with Gasteiger partial charge in [0.1, 0.15) is 0 Å². The first-order valence-corrected chi connectivity index (χ1v) is 9.03. The highest BCUT2D eigenvalue weighted by molar-refractivity contribution is 5.94. The standard InChI is InChI=1S/C20H25N3O3/c1-12-10-16(11-12)21-20(26)15-4-6-17(7-5-15)23-14(3)18(13(2)22-23)8-9-19(24)25/h4-7,12,16H,8-11H2,1-3H3,(H,21,26)(H,24,25). The molecule has 1 aliphatic carbocycles. The predicted molar refractivity (Wildman–Crippen MR) is 98.6 cm³/mol. The fourth-order valence-corrected chi connectivity index (χ4v) is 3.56. The lowest BCUT2D eigenvalue weighted by Crippen LogP contribution is -2.43. The molecule has 3 rings (SSSR count). The maximum absolute atomic E-state index is 12.3. The molecule has 0 spiro atoms. The zero-order chi connectivity index (χ0) is 18.8. The highest BCUT2D eigenvalue weighted by Crippen LogP contribution is 2.26. The highest BCUT2D eigenvalue weighted by Gasteiger charge is 2.26. The number of hydrogen-bond acceptors (Lipinski definition) is 3. The fraction of sp³-hybridized carbons (Fsp3) is 0.450. The fourth-order valence-electron chi connectivity index (χ4n) is 3.56. The number of benzene rings is 1. The summed E-state index contributed by atoms with van der Waals surface area (Å²) in [6, 6.07) is 7.66. The number of nitrogens with zero attached hydrogens (tertiary/aromatic N) is 2. The number of carboxylic acids is 1. The third-order valence-electron chi connectivity index (χ3n) is 5.11.